The van der Waals surface area contributed by atoms with E-state index in [2.05, 4.69) is 103 Å². The van der Waals surface area contributed by atoms with Crippen LogP contribution in [0.2, 0.25) is 0 Å². The van der Waals surface area contributed by atoms with Gasteiger partial charge in [0.05, 0.1) is 25.4 Å². The van der Waals surface area contributed by atoms with Gasteiger partial charge in [-0.1, -0.05) is 122 Å². The van der Waals surface area contributed by atoms with Crippen LogP contribution in [0.1, 0.15) is 170 Å². The van der Waals surface area contributed by atoms with Crippen molar-refractivity contribution in [2.45, 2.75) is 151 Å². The van der Waals surface area contributed by atoms with E-state index in [1.54, 1.807) is 19.1 Å². The smallest absolute Gasteiger partial charge is 0.340 e. The molecule has 12 unspecified atom stereocenters. The summed E-state index contributed by atoms with van der Waals surface area (Å²) in [5.41, 5.74) is 8.66. The van der Waals surface area contributed by atoms with E-state index in [0.717, 1.165) is 43.2 Å². The Morgan fingerprint density at radius 3 is 2.48 bits per heavy atom. The van der Waals surface area contributed by atoms with Crippen LogP contribution in [-0.2, 0) is 48.7 Å². The highest BCUT2D eigenvalue weighted by atomic mass is 16.6. The Bertz CT molecular complexity index is 3430. The summed E-state index contributed by atoms with van der Waals surface area (Å²) in [6.07, 6.45) is 23.0. The van der Waals surface area contributed by atoms with Crippen molar-refractivity contribution in [1.29, 1.82) is 0 Å². The SMILES string of the molecule is COCC(CCO)c1c(CO)c2ccc3c(c2oc1=O)C1OC(=O)CC2CC(c4cccc5c4C=CC4CCCC6CCc7ccccc7C546)C=CC2c2ccc(cc2)CCC(=C(C)CO)C(=O)OC1C1(CC=CC2CCCCC21)O3. The first-order chi connectivity index (χ1) is 39.6. The third-order valence-corrected chi connectivity index (χ3v) is 20.8. The normalized spacial score (nSPS) is 31.2. The topological polar surface area (TPSA) is 162 Å². The number of hydrogen-bond acceptors (Lipinski definition) is 11. The van der Waals surface area contributed by atoms with Crippen LogP contribution in [0.15, 0.2) is 130 Å². The van der Waals surface area contributed by atoms with Gasteiger partial charge >= 0.3 is 17.6 Å². The molecule has 4 heterocycles. The summed E-state index contributed by atoms with van der Waals surface area (Å²) >= 11 is 0. The Kier molecular flexibility index (Phi) is 14.7. The number of rotatable bonds is 8. The lowest BCUT2D eigenvalue weighted by Crippen LogP contribution is -2.62. The second-order valence-corrected chi connectivity index (χ2v) is 24.8. The molecule has 2 saturated carbocycles. The number of methoxy groups -OCH3 is 1. The molecule has 0 radical (unpaired) electrons. The molecule has 6 aliphatic carbocycles. The summed E-state index contributed by atoms with van der Waals surface area (Å²) < 4.78 is 33.4. The van der Waals surface area contributed by atoms with Gasteiger partial charge in [0, 0.05) is 72.2 Å². The minimum Gasteiger partial charge on any atom is -0.482 e. The highest BCUT2D eigenvalue weighted by Gasteiger charge is 2.61. The van der Waals surface area contributed by atoms with Crippen LogP contribution < -0.4 is 10.4 Å². The van der Waals surface area contributed by atoms with Crippen molar-refractivity contribution in [3.05, 3.63) is 186 Å². The molecule has 3 N–H and O–H groups in total. The number of benzene rings is 4. The largest absolute Gasteiger partial charge is 0.482 e. The molecule has 12 atom stereocenters. The molecule has 0 saturated heterocycles. The highest BCUT2D eigenvalue weighted by molar-refractivity contribution is 5.90. The monoisotopic (exact) mass is 1090 g/mol. The number of aliphatic hydroxyl groups excluding tert-OH is 3. The maximum absolute atomic E-state index is 15.8. The first-order valence-corrected chi connectivity index (χ1v) is 30.2. The first kappa shape index (κ1) is 53.9. The minimum atomic E-state index is -1.33. The van der Waals surface area contributed by atoms with E-state index >= 15 is 9.59 Å². The van der Waals surface area contributed by atoms with Gasteiger partial charge < -0.3 is 38.7 Å². The Morgan fingerprint density at radius 1 is 0.815 bits per heavy atom. The third-order valence-electron chi connectivity index (χ3n) is 20.8. The van der Waals surface area contributed by atoms with Crippen LogP contribution >= 0.6 is 0 Å². The lowest BCUT2D eigenvalue weighted by molar-refractivity contribution is -0.208. The van der Waals surface area contributed by atoms with Crippen molar-refractivity contribution in [1.82, 2.24) is 0 Å². The van der Waals surface area contributed by atoms with Gasteiger partial charge in [-0.2, -0.15) is 0 Å². The lowest BCUT2D eigenvalue weighted by Gasteiger charge is -2.55. The van der Waals surface area contributed by atoms with E-state index in [1.807, 2.05) is 0 Å². The molecule has 422 valence electrons. The van der Waals surface area contributed by atoms with Crippen molar-refractivity contribution in [2.24, 2.45) is 29.6 Å². The lowest BCUT2D eigenvalue weighted by atomic mass is 9.48. The van der Waals surface area contributed by atoms with Crippen molar-refractivity contribution >= 4 is 29.0 Å². The fraction of sp³-hybridized carbons (Fsp3) is 0.471. The zero-order valence-electron chi connectivity index (χ0n) is 46.8. The number of carbonyl (C=O) groups excluding carboxylic acids is 2. The second kappa shape index (κ2) is 22.1. The predicted molar refractivity (Wildman–Crippen MR) is 310 cm³/mol. The van der Waals surface area contributed by atoms with E-state index in [1.165, 1.54) is 60.6 Å². The zero-order chi connectivity index (χ0) is 55.6. The summed E-state index contributed by atoms with van der Waals surface area (Å²) in [7, 11) is 1.52. The first-order valence-electron chi connectivity index (χ1n) is 30.2. The molecule has 3 aliphatic heterocycles. The molecule has 0 amide bonds. The molecule has 2 spiro atoms. The number of aliphatic hydroxyl groups is 3. The third kappa shape index (κ3) is 9.02. The summed E-state index contributed by atoms with van der Waals surface area (Å²) in [5, 5.41) is 32.4. The minimum absolute atomic E-state index is 0.00700. The van der Waals surface area contributed by atoms with E-state index < -0.39 is 47.9 Å². The summed E-state index contributed by atoms with van der Waals surface area (Å²) in [6, 6.07) is 28.3. The van der Waals surface area contributed by atoms with Crippen molar-refractivity contribution < 1.29 is 48.3 Å². The van der Waals surface area contributed by atoms with Crippen LogP contribution in [0.25, 0.3) is 17.0 Å². The van der Waals surface area contributed by atoms with Gasteiger partial charge in [-0.25, -0.2) is 9.59 Å². The van der Waals surface area contributed by atoms with Crippen LogP contribution in [0, 0.1) is 29.6 Å². The summed E-state index contributed by atoms with van der Waals surface area (Å²) in [6.45, 7) is 0.716. The average molecular weight is 1090 g/mol. The number of aryl methyl sites for hydroxylation is 2. The van der Waals surface area contributed by atoms with Crippen LogP contribution in [-0.4, -0.2) is 65.9 Å². The molecule has 1 aromatic heterocycles. The van der Waals surface area contributed by atoms with Gasteiger partial charge in [-0.3, -0.25) is 4.79 Å². The van der Waals surface area contributed by atoms with Gasteiger partial charge in [-0.05, 0) is 157 Å². The molecule has 5 aromatic rings. The standard InChI is InChI=1S/C70H76O11/c1-41(38-72)51-28-21-42-19-22-43(23-20-42)52-29-25-46(53-15-8-18-59-54(53)30-27-50-14-7-13-49-26-24-45-11-4-6-17-58(45)70(49,50)59)36-48(52)37-61(74)78-65-63-60(81-69(66(65)80-67(51)75)34-9-12-44-10-3-5-16-57(44)69)32-31-55-56(39-73)62(68(76)79-64(55)63)47(33-35-71)40-77-2/h4,6,8-9,11-12,15,17-20,22-23,25,27,29-32,44,46-50,52,57,65-66,71-73H,3,5,7,10,13-14,16,21,24,26,28,33-40H2,1-2H3. The van der Waals surface area contributed by atoms with Gasteiger partial charge in [0.15, 0.2) is 17.8 Å². The number of hydrogen-bond donors (Lipinski definition) is 3. The zero-order valence-corrected chi connectivity index (χ0v) is 46.8. The molecular weight excluding hydrogens is 1020 g/mol. The molecular formula is C70H76O11. The number of fused-ring (bicyclic) bond motifs is 15. The van der Waals surface area contributed by atoms with Crippen molar-refractivity contribution in [2.75, 3.05) is 26.9 Å². The molecule has 9 aliphatic rings. The Hall–Kier alpha value is -6.37. The number of ether oxygens (including phenoxy) is 4. The molecule has 2 fully saturated rings. The fourth-order valence-electron chi connectivity index (χ4n) is 17.1. The number of allylic oxidation sites excluding steroid dienone is 4. The van der Waals surface area contributed by atoms with Gasteiger partial charge in [0.1, 0.15) is 11.3 Å². The van der Waals surface area contributed by atoms with Gasteiger partial charge in [0.2, 0.25) is 0 Å². The maximum Gasteiger partial charge on any atom is 0.340 e. The van der Waals surface area contributed by atoms with Crippen LogP contribution in [0.4, 0.5) is 0 Å². The van der Waals surface area contributed by atoms with Crippen molar-refractivity contribution in [3.63, 3.8) is 0 Å². The van der Waals surface area contributed by atoms with Crippen molar-refractivity contribution in [3.8, 4) is 5.75 Å². The van der Waals surface area contributed by atoms with E-state index in [-0.39, 0.29) is 90.8 Å². The Labute approximate surface area is 474 Å². The second-order valence-electron chi connectivity index (χ2n) is 24.8. The highest BCUT2D eigenvalue weighted by Crippen LogP contribution is 2.61. The van der Waals surface area contributed by atoms with E-state index in [4.69, 9.17) is 23.4 Å². The molecule has 14 rings (SSSR count). The van der Waals surface area contributed by atoms with Crippen LogP contribution in [0.5, 0.6) is 5.75 Å². The Morgan fingerprint density at radius 2 is 1.65 bits per heavy atom. The number of carbonyl (C=O) groups is 2. The summed E-state index contributed by atoms with van der Waals surface area (Å²) in [5.74, 6) is -0.802. The van der Waals surface area contributed by atoms with Crippen LogP contribution in [0.3, 0.4) is 0 Å². The van der Waals surface area contributed by atoms with E-state index in [0.29, 0.717) is 58.9 Å². The molecule has 2 bridgehead atoms. The fourth-order valence-corrected chi connectivity index (χ4v) is 17.1. The van der Waals surface area contributed by atoms with Gasteiger partial charge in [-0.15, -0.1) is 0 Å². The quantitative estimate of drug-likeness (QED) is 0.0587. The van der Waals surface area contributed by atoms with E-state index in [9.17, 15) is 20.1 Å². The average Bonchev–Trinajstić information content (AvgIpc) is 2.61. The van der Waals surface area contributed by atoms with Gasteiger partial charge in [0.25, 0.3) is 0 Å². The maximum atomic E-state index is 15.8. The molecule has 4 aromatic carbocycles. The number of esters is 2. The Balaban J connectivity index is 0.958. The summed E-state index contributed by atoms with van der Waals surface area (Å²) in [4.78, 5) is 45.6. The molecule has 11 heteroatoms. The molecule has 81 heavy (non-hydrogen) atoms. The molecule has 11 nitrogen and oxygen atoms in total. The predicted octanol–water partition coefficient (Wildman–Crippen LogP) is 12.3.